The van der Waals surface area contributed by atoms with Crippen molar-refractivity contribution in [1.29, 1.82) is 0 Å². The smallest absolute Gasteiger partial charge is 0.261 e. The Kier molecular flexibility index (Phi) is 8.71. The molecule has 0 aromatic heterocycles. The molecule has 0 aliphatic heterocycles. The van der Waals surface area contributed by atoms with Gasteiger partial charge in [0.05, 0.1) is 0 Å². The molecule has 0 spiro atoms. The fourth-order valence-electron chi connectivity index (χ4n) is 3.27. The Morgan fingerprint density at radius 3 is 2.25 bits per heavy atom. The molecule has 5 nitrogen and oxygen atoms in total. The van der Waals surface area contributed by atoms with Gasteiger partial charge in [-0.1, -0.05) is 70.0 Å². The summed E-state index contributed by atoms with van der Waals surface area (Å²) in [5.74, 6) is 0.0177. The van der Waals surface area contributed by atoms with Crippen LogP contribution in [0.1, 0.15) is 11.1 Å². The second-order valence-electron chi connectivity index (χ2n) is 7.21. The van der Waals surface area contributed by atoms with Crippen molar-refractivity contribution in [2.24, 2.45) is 0 Å². The van der Waals surface area contributed by atoms with Gasteiger partial charge in [0.25, 0.3) is 5.91 Å². The number of carbonyl (C=O) groups is 2. The number of benzene rings is 3. The lowest BCUT2D eigenvalue weighted by Crippen LogP contribution is -2.51. The summed E-state index contributed by atoms with van der Waals surface area (Å²) in [6.07, 6.45) is 0.393. The molecule has 166 valence electrons. The summed E-state index contributed by atoms with van der Waals surface area (Å²) >= 11 is 9.35. The van der Waals surface area contributed by atoms with Crippen molar-refractivity contribution in [3.05, 3.63) is 99.5 Å². The van der Waals surface area contributed by atoms with E-state index in [1.54, 1.807) is 36.2 Å². The SMILES string of the molecule is CNC(=O)[C@@H](Cc1ccccc1)N(Cc1ccc(Br)cc1)C(=O)COc1ccc(Cl)cc1. The van der Waals surface area contributed by atoms with E-state index in [0.717, 1.165) is 15.6 Å². The maximum atomic E-state index is 13.3. The molecule has 7 heteroatoms. The highest BCUT2D eigenvalue weighted by molar-refractivity contribution is 9.10. The number of amides is 2. The molecule has 0 fully saturated rings. The van der Waals surface area contributed by atoms with E-state index in [0.29, 0.717) is 17.2 Å². The van der Waals surface area contributed by atoms with Gasteiger partial charge < -0.3 is 15.0 Å². The molecule has 0 heterocycles. The van der Waals surface area contributed by atoms with E-state index < -0.39 is 6.04 Å². The van der Waals surface area contributed by atoms with Crippen LogP contribution >= 0.6 is 27.5 Å². The molecule has 0 radical (unpaired) electrons. The molecule has 3 aromatic rings. The minimum absolute atomic E-state index is 0.194. The number of carbonyl (C=O) groups excluding carboxylic acids is 2. The number of ether oxygens (including phenoxy) is 1. The van der Waals surface area contributed by atoms with Crippen molar-refractivity contribution in [2.45, 2.75) is 19.0 Å². The van der Waals surface area contributed by atoms with Crippen molar-refractivity contribution in [2.75, 3.05) is 13.7 Å². The third kappa shape index (κ3) is 6.84. The number of halogens is 2. The number of nitrogens with zero attached hydrogens (tertiary/aromatic N) is 1. The molecule has 3 rings (SSSR count). The van der Waals surface area contributed by atoms with Crippen LogP contribution in [0.5, 0.6) is 5.75 Å². The average molecular weight is 516 g/mol. The Labute approximate surface area is 201 Å². The normalized spacial score (nSPS) is 11.5. The first-order chi connectivity index (χ1) is 15.5. The molecule has 3 aromatic carbocycles. The first kappa shape index (κ1) is 23.8. The van der Waals surface area contributed by atoms with Crippen LogP contribution in [-0.2, 0) is 22.6 Å². The topological polar surface area (TPSA) is 58.6 Å². The molecule has 0 saturated heterocycles. The monoisotopic (exact) mass is 514 g/mol. The van der Waals surface area contributed by atoms with Crippen LogP contribution in [0.15, 0.2) is 83.3 Å². The van der Waals surface area contributed by atoms with Gasteiger partial charge in [-0.25, -0.2) is 0 Å². The molecule has 0 saturated carbocycles. The molecule has 0 bridgehead atoms. The third-order valence-corrected chi connectivity index (χ3v) is 5.74. The van der Waals surface area contributed by atoms with E-state index >= 15 is 0 Å². The summed E-state index contributed by atoms with van der Waals surface area (Å²) in [6, 6.07) is 23.4. The maximum Gasteiger partial charge on any atom is 0.261 e. The zero-order chi connectivity index (χ0) is 22.9. The number of rotatable bonds is 9. The summed E-state index contributed by atoms with van der Waals surface area (Å²) in [4.78, 5) is 27.7. The molecule has 1 atom stereocenters. The van der Waals surface area contributed by atoms with Gasteiger partial charge in [0.1, 0.15) is 11.8 Å². The van der Waals surface area contributed by atoms with Gasteiger partial charge in [0.15, 0.2) is 6.61 Å². The predicted octanol–water partition coefficient (Wildman–Crippen LogP) is 4.87. The van der Waals surface area contributed by atoms with Crippen LogP contribution in [0.2, 0.25) is 5.02 Å². The Bertz CT molecular complexity index is 1030. The second kappa shape index (κ2) is 11.7. The lowest BCUT2D eigenvalue weighted by molar-refractivity contribution is -0.142. The minimum Gasteiger partial charge on any atom is -0.484 e. The van der Waals surface area contributed by atoms with Crippen molar-refractivity contribution >= 4 is 39.3 Å². The molecule has 0 aliphatic rings. The lowest BCUT2D eigenvalue weighted by atomic mass is 10.0. The van der Waals surface area contributed by atoms with Gasteiger partial charge in [-0.2, -0.15) is 0 Å². The molecule has 1 N–H and O–H groups in total. The largest absolute Gasteiger partial charge is 0.484 e. The van der Waals surface area contributed by atoms with Crippen LogP contribution in [0.3, 0.4) is 0 Å². The quantitative estimate of drug-likeness (QED) is 0.442. The second-order valence-corrected chi connectivity index (χ2v) is 8.56. The van der Waals surface area contributed by atoms with Gasteiger partial charge in [0.2, 0.25) is 5.91 Å². The Morgan fingerprint density at radius 2 is 1.62 bits per heavy atom. The van der Waals surface area contributed by atoms with Crippen molar-refractivity contribution in [3.8, 4) is 5.75 Å². The highest BCUT2D eigenvalue weighted by Crippen LogP contribution is 2.19. The number of hydrogen-bond acceptors (Lipinski definition) is 3. The molecule has 2 amide bonds. The third-order valence-electron chi connectivity index (χ3n) is 4.96. The van der Waals surface area contributed by atoms with Gasteiger partial charge in [-0.15, -0.1) is 0 Å². The first-order valence-electron chi connectivity index (χ1n) is 10.1. The number of likely N-dealkylation sites (N-methyl/N-ethyl adjacent to an activating group) is 1. The zero-order valence-corrected chi connectivity index (χ0v) is 20.0. The summed E-state index contributed by atoms with van der Waals surface area (Å²) in [5.41, 5.74) is 1.88. The van der Waals surface area contributed by atoms with Crippen molar-refractivity contribution < 1.29 is 14.3 Å². The highest BCUT2D eigenvalue weighted by Gasteiger charge is 2.30. The van der Waals surface area contributed by atoms with E-state index in [2.05, 4.69) is 21.2 Å². The van der Waals surface area contributed by atoms with Crippen LogP contribution < -0.4 is 10.1 Å². The van der Waals surface area contributed by atoms with Crippen LogP contribution in [0.25, 0.3) is 0 Å². The van der Waals surface area contributed by atoms with Crippen LogP contribution in [0.4, 0.5) is 0 Å². The fraction of sp³-hybridized carbons (Fsp3) is 0.200. The van der Waals surface area contributed by atoms with Gasteiger partial charge in [-0.05, 0) is 47.5 Å². The van der Waals surface area contributed by atoms with Crippen LogP contribution in [0, 0.1) is 0 Å². The number of nitrogens with one attached hydrogen (secondary N) is 1. The Hall–Kier alpha value is -2.83. The number of hydrogen-bond donors (Lipinski definition) is 1. The molecule has 0 aliphatic carbocycles. The van der Waals surface area contributed by atoms with E-state index in [9.17, 15) is 9.59 Å². The maximum absolute atomic E-state index is 13.3. The van der Waals surface area contributed by atoms with Crippen LogP contribution in [-0.4, -0.2) is 36.4 Å². The van der Waals surface area contributed by atoms with E-state index in [1.165, 1.54) is 0 Å². The Balaban J connectivity index is 1.85. The Morgan fingerprint density at radius 1 is 0.969 bits per heavy atom. The highest BCUT2D eigenvalue weighted by atomic mass is 79.9. The minimum atomic E-state index is -0.688. The van der Waals surface area contributed by atoms with E-state index in [-0.39, 0.29) is 25.0 Å². The summed E-state index contributed by atoms with van der Waals surface area (Å²) in [7, 11) is 1.58. The molecule has 0 unspecified atom stereocenters. The average Bonchev–Trinajstić information content (AvgIpc) is 2.82. The molecular formula is C25H24BrClN2O3. The predicted molar refractivity (Wildman–Crippen MR) is 130 cm³/mol. The van der Waals surface area contributed by atoms with Crippen molar-refractivity contribution in [1.82, 2.24) is 10.2 Å². The summed E-state index contributed by atoms with van der Waals surface area (Å²) in [6.45, 7) is 0.0848. The molecule has 32 heavy (non-hydrogen) atoms. The lowest BCUT2D eigenvalue weighted by Gasteiger charge is -2.31. The summed E-state index contributed by atoms with van der Waals surface area (Å²) in [5, 5.41) is 3.29. The van der Waals surface area contributed by atoms with Gasteiger partial charge in [-0.3, -0.25) is 9.59 Å². The van der Waals surface area contributed by atoms with E-state index in [1.807, 2.05) is 54.6 Å². The van der Waals surface area contributed by atoms with Crippen molar-refractivity contribution in [3.63, 3.8) is 0 Å². The zero-order valence-electron chi connectivity index (χ0n) is 17.6. The standard InChI is InChI=1S/C25H24BrClN2O3/c1-28-25(31)23(15-18-5-3-2-4-6-18)29(16-19-7-9-20(26)10-8-19)24(30)17-32-22-13-11-21(27)12-14-22/h2-14,23H,15-17H2,1H3,(H,28,31)/t23-/m1/s1. The van der Waals surface area contributed by atoms with Gasteiger partial charge in [0, 0.05) is 29.5 Å². The first-order valence-corrected chi connectivity index (χ1v) is 11.3. The van der Waals surface area contributed by atoms with Gasteiger partial charge >= 0.3 is 0 Å². The van der Waals surface area contributed by atoms with E-state index in [4.69, 9.17) is 16.3 Å². The summed E-state index contributed by atoms with van der Waals surface area (Å²) < 4.78 is 6.63. The fourth-order valence-corrected chi connectivity index (χ4v) is 3.66. The molecular weight excluding hydrogens is 492 g/mol.